The van der Waals surface area contributed by atoms with Gasteiger partial charge in [0.1, 0.15) is 16.4 Å². The Morgan fingerprint density at radius 1 is 0.913 bits per heavy atom. The lowest BCUT2D eigenvalue weighted by atomic mass is 9.95. The van der Waals surface area contributed by atoms with Crippen LogP contribution in [0.25, 0.3) is 5.57 Å². The minimum absolute atomic E-state index is 0.0362. The molecule has 0 radical (unpaired) electrons. The molecule has 1 unspecified atom stereocenters. The quantitative estimate of drug-likeness (QED) is 0.747. The largest absolute Gasteiger partial charge is 0.455 e. The molecule has 0 N–H and O–H groups in total. The number of rotatable bonds is 0. The molecule has 1 heterocycles. The molecule has 5 heteroatoms. The molecule has 2 aromatic rings. The highest BCUT2D eigenvalue weighted by atomic mass is 32.2. The molecule has 0 saturated carbocycles. The maximum absolute atomic E-state index is 13.1. The molecule has 0 spiro atoms. The standard InChI is InChI=1S/C18H12O4S/c19-14-8-5-7-13-12-6-1-2-9-15(12)22-16-10-3-4-11-17(16)23(20,21)18(13)14/h1-11,18H. The third-order valence-electron chi connectivity index (χ3n) is 3.96. The van der Waals surface area contributed by atoms with Gasteiger partial charge in [0.05, 0.1) is 0 Å². The third-order valence-corrected chi connectivity index (χ3v) is 6.02. The van der Waals surface area contributed by atoms with Crippen molar-refractivity contribution in [2.45, 2.75) is 10.1 Å². The Balaban J connectivity index is 2.10. The molecular weight excluding hydrogens is 312 g/mol. The number of carbonyl (C=O) groups is 1. The van der Waals surface area contributed by atoms with Gasteiger partial charge in [-0.1, -0.05) is 42.5 Å². The normalized spacial score (nSPS) is 21.0. The first-order chi connectivity index (χ1) is 11.1. The molecule has 1 aliphatic heterocycles. The van der Waals surface area contributed by atoms with E-state index in [4.69, 9.17) is 4.74 Å². The van der Waals surface area contributed by atoms with Crippen molar-refractivity contribution in [1.29, 1.82) is 0 Å². The maximum atomic E-state index is 13.1. The highest BCUT2D eigenvalue weighted by molar-refractivity contribution is 7.93. The van der Waals surface area contributed by atoms with E-state index in [1.54, 1.807) is 48.6 Å². The van der Waals surface area contributed by atoms with Crippen LogP contribution in [-0.2, 0) is 14.6 Å². The van der Waals surface area contributed by atoms with Crippen LogP contribution in [0.2, 0.25) is 0 Å². The highest BCUT2D eigenvalue weighted by Gasteiger charge is 2.41. The van der Waals surface area contributed by atoms with Crippen molar-refractivity contribution in [2.24, 2.45) is 0 Å². The van der Waals surface area contributed by atoms with Gasteiger partial charge >= 0.3 is 0 Å². The fourth-order valence-corrected chi connectivity index (χ4v) is 4.77. The summed E-state index contributed by atoms with van der Waals surface area (Å²) in [5, 5.41) is -1.24. The zero-order chi connectivity index (χ0) is 16.0. The van der Waals surface area contributed by atoms with Crippen LogP contribution >= 0.6 is 0 Å². The average Bonchev–Trinajstić information content (AvgIpc) is 2.54. The van der Waals surface area contributed by atoms with E-state index in [1.165, 1.54) is 12.1 Å². The van der Waals surface area contributed by atoms with Crippen molar-refractivity contribution >= 4 is 21.2 Å². The molecule has 0 amide bonds. The lowest BCUT2D eigenvalue weighted by Crippen LogP contribution is -2.33. The van der Waals surface area contributed by atoms with Crippen molar-refractivity contribution in [3.05, 3.63) is 72.3 Å². The minimum atomic E-state index is -3.89. The Kier molecular flexibility index (Phi) is 2.99. The van der Waals surface area contributed by atoms with Gasteiger partial charge in [-0.25, -0.2) is 8.42 Å². The predicted molar refractivity (Wildman–Crippen MR) is 86.1 cm³/mol. The molecule has 1 aliphatic carbocycles. The Morgan fingerprint density at radius 2 is 1.61 bits per heavy atom. The number of allylic oxidation sites excluding steroid dienone is 3. The van der Waals surface area contributed by atoms with Crippen molar-refractivity contribution in [1.82, 2.24) is 0 Å². The van der Waals surface area contributed by atoms with Gasteiger partial charge in [-0.3, -0.25) is 4.79 Å². The number of benzene rings is 2. The third kappa shape index (κ3) is 2.04. The Morgan fingerprint density at radius 3 is 2.43 bits per heavy atom. The van der Waals surface area contributed by atoms with Crippen LogP contribution < -0.4 is 4.74 Å². The molecule has 4 rings (SSSR count). The summed E-state index contributed by atoms with van der Waals surface area (Å²) in [5.74, 6) is 0.338. The van der Waals surface area contributed by atoms with Crippen molar-refractivity contribution in [2.75, 3.05) is 0 Å². The van der Waals surface area contributed by atoms with Crippen LogP contribution in [0.1, 0.15) is 5.56 Å². The zero-order valence-electron chi connectivity index (χ0n) is 12.0. The number of hydrogen-bond acceptors (Lipinski definition) is 4. The zero-order valence-corrected chi connectivity index (χ0v) is 12.8. The van der Waals surface area contributed by atoms with E-state index >= 15 is 0 Å². The number of carbonyl (C=O) groups excluding carboxylic acids is 1. The number of hydrogen-bond donors (Lipinski definition) is 0. The molecule has 1 atom stereocenters. The second-order valence-electron chi connectivity index (χ2n) is 5.35. The smallest absolute Gasteiger partial charge is 0.196 e. The van der Waals surface area contributed by atoms with E-state index in [9.17, 15) is 13.2 Å². The minimum Gasteiger partial charge on any atom is -0.455 e. The molecule has 0 saturated heterocycles. The monoisotopic (exact) mass is 324 g/mol. The second kappa shape index (κ2) is 4.93. The lowest BCUT2D eigenvalue weighted by Gasteiger charge is -2.26. The molecule has 114 valence electrons. The SMILES string of the molecule is O=C1C=CC=C2c3ccccc3Oc3ccccc3S(=O)(=O)C12. The highest BCUT2D eigenvalue weighted by Crippen LogP contribution is 2.42. The molecule has 4 nitrogen and oxygen atoms in total. The number of fused-ring (bicyclic) bond motifs is 4. The van der Waals surface area contributed by atoms with Gasteiger partial charge in [-0.2, -0.15) is 0 Å². The Bertz CT molecular complexity index is 984. The topological polar surface area (TPSA) is 60.4 Å². The van der Waals surface area contributed by atoms with Crippen LogP contribution in [0, 0.1) is 0 Å². The van der Waals surface area contributed by atoms with Gasteiger partial charge in [0.15, 0.2) is 20.9 Å². The summed E-state index contributed by atoms with van der Waals surface area (Å²) >= 11 is 0. The summed E-state index contributed by atoms with van der Waals surface area (Å²) in [7, 11) is -3.89. The molecule has 2 aromatic carbocycles. The van der Waals surface area contributed by atoms with Gasteiger partial charge in [0, 0.05) is 5.56 Å². The van der Waals surface area contributed by atoms with Crippen LogP contribution in [0.15, 0.2) is 71.7 Å². The van der Waals surface area contributed by atoms with Crippen molar-refractivity contribution in [3.63, 3.8) is 0 Å². The van der Waals surface area contributed by atoms with E-state index in [-0.39, 0.29) is 10.6 Å². The number of ether oxygens (including phenoxy) is 1. The second-order valence-corrected chi connectivity index (χ2v) is 7.35. The van der Waals surface area contributed by atoms with Crippen molar-refractivity contribution in [3.8, 4) is 11.5 Å². The Hall–Kier alpha value is -2.66. The van der Waals surface area contributed by atoms with Crippen LogP contribution in [0.4, 0.5) is 0 Å². The van der Waals surface area contributed by atoms with E-state index in [1.807, 2.05) is 6.07 Å². The number of para-hydroxylation sites is 2. The summed E-state index contributed by atoms with van der Waals surface area (Å²) in [6.45, 7) is 0. The summed E-state index contributed by atoms with van der Waals surface area (Å²) in [6, 6.07) is 13.5. The fraction of sp³-hybridized carbons (Fsp3) is 0.0556. The van der Waals surface area contributed by atoms with E-state index in [0.29, 0.717) is 16.9 Å². The van der Waals surface area contributed by atoms with Gasteiger partial charge in [-0.05, 0) is 29.8 Å². The van der Waals surface area contributed by atoms with Gasteiger partial charge in [-0.15, -0.1) is 0 Å². The van der Waals surface area contributed by atoms with E-state index in [2.05, 4.69) is 0 Å². The summed E-state index contributed by atoms with van der Waals surface area (Å²) in [5.41, 5.74) is 1.07. The predicted octanol–water partition coefficient (Wildman–Crippen LogP) is 3.16. The first-order valence-corrected chi connectivity index (χ1v) is 8.66. The molecule has 0 fully saturated rings. The number of ketones is 1. The molecular formula is C18H12O4S. The van der Waals surface area contributed by atoms with Crippen molar-refractivity contribution < 1.29 is 17.9 Å². The summed E-state index contributed by atoms with van der Waals surface area (Å²) < 4.78 is 32.0. The summed E-state index contributed by atoms with van der Waals surface area (Å²) in [6.07, 6.45) is 4.55. The van der Waals surface area contributed by atoms with E-state index < -0.39 is 20.9 Å². The van der Waals surface area contributed by atoms with E-state index in [0.717, 1.165) is 0 Å². The van der Waals surface area contributed by atoms with Crippen LogP contribution in [0.3, 0.4) is 0 Å². The Labute approximate surface area is 133 Å². The van der Waals surface area contributed by atoms with Crippen LogP contribution in [0.5, 0.6) is 11.5 Å². The summed E-state index contributed by atoms with van der Waals surface area (Å²) in [4.78, 5) is 12.4. The fourth-order valence-electron chi connectivity index (χ4n) is 2.93. The number of sulfone groups is 1. The van der Waals surface area contributed by atoms with Gasteiger partial charge < -0.3 is 4.74 Å². The first-order valence-electron chi connectivity index (χ1n) is 7.11. The van der Waals surface area contributed by atoms with Crippen LogP contribution in [-0.4, -0.2) is 19.5 Å². The molecule has 23 heavy (non-hydrogen) atoms. The first kappa shape index (κ1) is 14.0. The lowest BCUT2D eigenvalue weighted by molar-refractivity contribution is -0.113. The molecule has 0 aromatic heterocycles. The average molecular weight is 324 g/mol. The molecule has 0 bridgehead atoms. The maximum Gasteiger partial charge on any atom is 0.196 e. The van der Waals surface area contributed by atoms with Gasteiger partial charge in [0.2, 0.25) is 0 Å². The molecule has 2 aliphatic rings. The van der Waals surface area contributed by atoms with Gasteiger partial charge in [0.25, 0.3) is 0 Å².